The van der Waals surface area contributed by atoms with Crippen LogP contribution in [0.25, 0.3) is 10.8 Å². The molecule has 1 fully saturated rings. The molecule has 1 atom stereocenters. The lowest BCUT2D eigenvalue weighted by Gasteiger charge is -2.11. The van der Waals surface area contributed by atoms with E-state index < -0.39 is 15.1 Å². The average molecular weight is 274 g/mol. The maximum atomic E-state index is 12.5. The molecule has 1 unspecified atom stereocenters. The number of carbonyl (C=O) groups excluding carboxylic acids is 1. The molecular formula is C15H14O3S. The third-order valence-electron chi connectivity index (χ3n) is 3.69. The van der Waals surface area contributed by atoms with Gasteiger partial charge in [-0.3, -0.25) is 4.79 Å². The van der Waals surface area contributed by atoms with Crippen LogP contribution in [0.15, 0.2) is 47.4 Å². The molecule has 1 aliphatic carbocycles. The average Bonchev–Trinajstić information content (AvgIpc) is 2.85. The molecule has 3 rings (SSSR count). The predicted molar refractivity (Wildman–Crippen MR) is 73.8 cm³/mol. The monoisotopic (exact) mass is 274 g/mol. The Bertz CT molecular complexity index is 747. The Balaban J connectivity index is 2.06. The Kier molecular flexibility index (Phi) is 2.90. The van der Waals surface area contributed by atoms with Gasteiger partial charge in [0.1, 0.15) is 5.78 Å². The first kappa shape index (κ1) is 12.4. The van der Waals surface area contributed by atoms with E-state index in [-0.39, 0.29) is 12.2 Å². The molecule has 3 nitrogen and oxygen atoms in total. The molecule has 4 heteroatoms. The molecular weight excluding hydrogens is 260 g/mol. The zero-order valence-corrected chi connectivity index (χ0v) is 11.2. The SMILES string of the molecule is O=C1CCC(S(=O)(=O)c2ccc3ccccc3c2)C1. The molecule has 2 aromatic rings. The van der Waals surface area contributed by atoms with Crippen LogP contribution in [0, 0.1) is 0 Å². The van der Waals surface area contributed by atoms with Crippen LogP contribution in [0.3, 0.4) is 0 Å². The zero-order valence-electron chi connectivity index (χ0n) is 10.4. The normalized spacial score (nSPS) is 20.0. The van der Waals surface area contributed by atoms with Gasteiger partial charge in [0.2, 0.25) is 0 Å². The van der Waals surface area contributed by atoms with Gasteiger partial charge in [-0.15, -0.1) is 0 Å². The molecule has 1 saturated carbocycles. The summed E-state index contributed by atoms with van der Waals surface area (Å²) < 4.78 is 24.9. The lowest BCUT2D eigenvalue weighted by molar-refractivity contribution is -0.117. The fraction of sp³-hybridized carbons (Fsp3) is 0.267. The van der Waals surface area contributed by atoms with E-state index in [2.05, 4.69) is 0 Å². The summed E-state index contributed by atoms with van der Waals surface area (Å²) in [5.41, 5.74) is 0. The van der Waals surface area contributed by atoms with Gasteiger partial charge in [-0.25, -0.2) is 8.42 Å². The van der Waals surface area contributed by atoms with E-state index >= 15 is 0 Å². The lowest BCUT2D eigenvalue weighted by atomic mass is 10.1. The van der Waals surface area contributed by atoms with Gasteiger partial charge in [-0.2, -0.15) is 0 Å². The fourth-order valence-electron chi connectivity index (χ4n) is 2.58. The Morgan fingerprint density at radius 1 is 1.00 bits per heavy atom. The Morgan fingerprint density at radius 3 is 2.42 bits per heavy atom. The van der Waals surface area contributed by atoms with Crippen LogP contribution in [-0.4, -0.2) is 19.5 Å². The quantitative estimate of drug-likeness (QED) is 0.846. The number of fused-ring (bicyclic) bond motifs is 1. The Labute approximate surface area is 112 Å². The smallest absolute Gasteiger partial charge is 0.181 e. The molecule has 0 radical (unpaired) electrons. The van der Waals surface area contributed by atoms with E-state index in [1.165, 1.54) is 0 Å². The number of ketones is 1. The molecule has 0 spiro atoms. The summed E-state index contributed by atoms with van der Waals surface area (Å²) in [6.07, 6.45) is 1.00. The molecule has 0 aromatic heterocycles. The van der Waals surface area contributed by atoms with Crippen molar-refractivity contribution in [2.75, 3.05) is 0 Å². The highest BCUT2D eigenvalue weighted by molar-refractivity contribution is 7.92. The summed E-state index contributed by atoms with van der Waals surface area (Å²) in [4.78, 5) is 11.6. The van der Waals surface area contributed by atoms with Gasteiger partial charge in [-0.05, 0) is 29.3 Å². The number of Topliss-reactive ketones (excluding diaryl/α,β-unsaturated/α-hetero) is 1. The molecule has 0 heterocycles. The van der Waals surface area contributed by atoms with Crippen molar-refractivity contribution in [2.24, 2.45) is 0 Å². The first-order chi connectivity index (χ1) is 9.07. The number of sulfone groups is 1. The number of hydrogen-bond donors (Lipinski definition) is 0. The maximum Gasteiger partial charge on any atom is 0.181 e. The van der Waals surface area contributed by atoms with Crippen molar-refractivity contribution >= 4 is 26.4 Å². The topological polar surface area (TPSA) is 51.2 Å². The minimum Gasteiger partial charge on any atom is -0.300 e. The highest BCUT2D eigenvalue weighted by Gasteiger charge is 2.34. The van der Waals surface area contributed by atoms with Crippen LogP contribution in [0.1, 0.15) is 19.3 Å². The van der Waals surface area contributed by atoms with Crippen molar-refractivity contribution in [1.29, 1.82) is 0 Å². The molecule has 19 heavy (non-hydrogen) atoms. The van der Waals surface area contributed by atoms with Gasteiger partial charge < -0.3 is 0 Å². The summed E-state index contributed by atoms with van der Waals surface area (Å²) in [6, 6.07) is 12.8. The Morgan fingerprint density at radius 2 is 1.74 bits per heavy atom. The molecule has 0 bridgehead atoms. The number of benzene rings is 2. The molecule has 2 aromatic carbocycles. The minimum absolute atomic E-state index is 0.0503. The van der Waals surface area contributed by atoms with Crippen LogP contribution in [0.4, 0.5) is 0 Å². The van der Waals surface area contributed by atoms with Crippen molar-refractivity contribution in [1.82, 2.24) is 0 Å². The predicted octanol–water partition coefficient (Wildman–Crippen LogP) is 2.74. The second kappa shape index (κ2) is 4.46. The van der Waals surface area contributed by atoms with Crippen molar-refractivity contribution in [3.8, 4) is 0 Å². The van der Waals surface area contributed by atoms with Crippen molar-refractivity contribution in [2.45, 2.75) is 29.4 Å². The highest BCUT2D eigenvalue weighted by atomic mass is 32.2. The number of hydrogen-bond acceptors (Lipinski definition) is 3. The van der Waals surface area contributed by atoms with Crippen molar-refractivity contribution < 1.29 is 13.2 Å². The summed E-state index contributed by atoms with van der Waals surface area (Å²) in [5.74, 6) is 0.0503. The standard InChI is InChI=1S/C15H14O3S/c16-13-6-8-15(10-13)19(17,18)14-7-5-11-3-1-2-4-12(11)9-14/h1-5,7,9,15H,6,8,10H2. The third-order valence-corrected chi connectivity index (χ3v) is 5.88. The molecule has 0 N–H and O–H groups in total. The number of rotatable bonds is 2. The third kappa shape index (κ3) is 2.16. The van der Waals surface area contributed by atoms with E-state index in [1.54, 1.807) is 12.1 Å². The second-order valence-electron chi connectivity index (χ2n) is 4.96. The lowest BCUT2D eigenvalue weighted by Crippen LogP contribution is -2.18. The largest absolute Gasteiger partial charge is 0.300 e. The number of carbonyl (C=O) groups is 1. The summed E-state index contributed by atoms with van der Waals surface area (Å²) in [6.45, 7) is 0. The summed E-state index contributed by atoms with van der Waals surface area (Å²) >= 11 is 0. The first-order valence-electron chi connectivity index (χ1n) is 6.32. The first-order valence-corrected chi connectivity index (χ1v) is 7.86. The van der Waals surface area contributed by atoms with Gasteiger partial charge in [0.15, 0.2) is 9.84 Å². The summed E-state index contributed by atoms with van der Waals surface area (Å²) in [7, 11) is -3.38. The highest BCUT2D eigenvalue weighted by Crippen LogP contribution is 2.29. The Hall–Kier alpha value is -1.68. The van der Waals surface area contributed by atoms with Gasteiger partial charge >= 0.3 is 0 Å². The van der Waals surface area contributed by atoms with E-state index in [4.69, 9.17) is 0 Å². The van der Waals surface area contributed by atoms with Gasteiger partial charge in [0.25, 0.3) is 0 Å². The van der Waals surface area contributed by atoms with E-state index in [0.29, 0.717) is 17.7 Å². The molecule has 0 saturated heterocycles. The summed E-state index contributed by atoms with van der Waals surface area (Å²) in [5, 5.41) is 1.39. The zero-order chi connectivity index (χ0) is 13.5. The van der Waals surface area contributed by atoms with Crippen LogP contribution >= 0.6 is 0 Å². The molecule has 1 aliphatic rings. The van der Waals surface area contributed by atoms with Gasteiger partial charge in [-0.1, -0.05) is 30.3 Å². The van der Waals surface area contributed by atoms with Crippen LogP contribution in [0.5, 0.6) is 0 Å². The van der Waals surface area contributed by atoms with E-state index in [9.17, 15) is 13.2 Å². The van der Waals surface area contributed by atoms with E-state index in [0.717, 1.165) is 10.8 Å². The van der Waals surface area contributed by atoms with Crippen LogP contribution < -0.4 is 0 Å². The molecule has 0 aliphatic heterocycles. The fourth-order valence-corrected chi connectivity index (χ4v) is 4.35. The van der Waals surface area contributed by atoms with Crippen molar-refractivity contribution in [3.63, 3.8) is 0 Å². The second-order valence-corrected chi connectivity index (χ2v) is 7.19. The van der Waals surface area contributed by atoms with E-state index in [1.807, 2.05) is 30.3 Å². The molecule has 98 valence electrons. The van der Waals surface area contributed by atoms with Gasteiger partial charge in [0, 0.05) is 12.8 Å². The molecule has 0 amide bonds. The van der Waals surface area contributed by atoms with Crippen LogP contribution in [0.2, 0.25) is 0 Å². The van der Waals surface area contributed by atoms with Crippen molar-refractivity contribution in [3.05, 3.63) is 42.5 Å². The van der Waals surface area contributed by atoms with Crippen LogP contribution in [-0.2, 0) is 14.6 Å². The van der Waals surface area contributed by atoms with Gasteiger partial charge in [0.05, 0.1) is 10.1 Å². The minimum atomic E-state index is -3.38. The maximum absolute atomic E-state index is 12.5.